The van der Waals surface area contributed by atoms with E-state index in [1.807, 2.05) is 91.0 Å². The number of Topliss-reactive ketones (excluding diaryl/α,β-unsaturated/α-hetero) is 1. The monoisotopic (exact) mass is 319 g/mol. The fraction of sp³-hybridized carbons (Fsp3) is 0.0952. The minimum absolute atomic E-state index is 0.222. The first-order chi connectivity index (χ1) is 11.2. The van der Waals surface area contributed by atoms with Gasteiger partial charge in [0, 0.05) is 17.5 Å². The van der Waals surface area contributed by atoms with E-state index in [2.05, 4.69) is 0 Å². The average molecular weight is 319 g/mol. The molecular weight excluding hydrogens is 299 g/mol. The molecule has 0 N–H and O–H groups in total. The molecule has 1 atom stereocenters. The van der Waals surface area contributed by atoms with Crippen molar-refractivity contribution in [1.82, 2.24) is 0 Å². The predicted molar refractivity (Wildman–Crippen MR) is 99.9 cm³/mol. The maximum Gasteiger partial charge on any atom is 0.188 e. The quantitative estimate of drug-likeness (QED) is 0.639. The van der Waals surface area contributed by atoms with E-state index in [9.17, 15) is 4.79 Å². The second-order valence-corrected chi connectivity index (χ2v) is 6.78. The Morgan fingerprint density at radius 3 is 1.52 bits per heavy atom. The molecule has 0 saturated carbocycles. The Labute approximate surface area is 139 Å². The molecule has 3 rings (SSSR count). The zero-order valence-electron chi connectivity index (χ0n) is 13.0. The lowest BCUT2D eigenvalue weighted by Gasteiger charge is -2.24. The summed E-state index contributed by atoms with van der Waals surface area (Å²) in [6.45, 7) is 0. The topological polar surface area (TPSA) is 17.1 Å². The van der Waals surface area contributed by atoms with Crippen molar-refractivity contribution in [2.45, 2.75) is 11.6 Å². The van der Waals surface area contributed by atoms with Crippen molar-refractivity contribution in [2.24, 2.45) is 0 Å². The molecule has 0 aliphatic rings. The molecule has 23 heavy (non-hydrogen) atoms. The molecule has 1 unspecified atom stereocenters. The van der Waals surface area contributed by atoms with Crippen molar-refractivity contribution < 1.29 is 4.79 Å². The van der Waals surface area contributed by atoms with E-state index in [1.54, 1.807) is 9.24 Å². The molecule has 0 aliphatic carbocycles. The summed E-state index contributed by atoms with van der Waals surface area (Å²) in [4.78, 5) is 13.2. The van der Waals surface area contributed by atoms with Crippen LogP contribution in [0.2, 0.25) is 0 Å². The zero-order valence-corrected chi connectivity index (χ0v) is 14.4. The van der Waals surface area contributed by atoms with Crippen LogP contribution in [0.3, 0.4) is 0 Å². The summed E-state index contributed by atoms with van der Waals surface area (Å²) in [6.07, 6.45) is 0.439. The summed E-state index contributed by atoms with van der Waals surface area (Å²) < 4.78 is 0. The highest BCUT2D eigenvalue weighted by Crippen LogP contribution is 2.40. The highest BCUT2D eigenvalue weighted by molar-refractivity contribution is 7.21. The fourth-order valence-corrected chi connectivity index (χ4v) is 3.46. The van der Waals surface area contributed by atoms with Gasteiger partial charge in [0.05, 0.1) is 0 Å². The molecule has 3 aromatic rings. The van der Waals surface area contributed by atoms with Gasteiger partial charge in [-0.1, -0.05) is 91.0 Å². The maximum absolute atomic E-state index is 13.2. The number of hydrogen-bond acceptors (Lipinski definition) is 1. The van der Waals surface area contributed by atoms with Crippen LogP contribution < -0.4 is 0 Å². The lowest BCUT2D eigenvalue weighted by atomic mass is 9.84. The van der Waals surface area contributed by atoms with Gasteiger partial charge in [-0.05, 0) is 14.8 Å². The van der Waals surface area contributed by atoms with Gasteiger partial charge >= 0.3 is 0 Å². The number of hydrogen-bond donors (Lipinski definition) is 0. The SMILES string of the molecule is O=C(Cc1ccccc1)C([PH3+])(c1ccccc1)c1ccccc1. The van der Waals surface area contributed by atoms with Crippen LogP contribution in [-0.4, -0.2) is 5.78 Å². The molecule has 114 valence electrons. The van der Waals surface area contributed by atoms with Crippen LogP contribution in [0.15, 0.2) is 91.0 Å². The minimum Gasteiger partial charge on any atom is -0.294 e. The second kappa shape index (κ2) is 6.89. The molecule has 1 nitrogen and oxygen atoms in total. The first kappa shape index (κ1) is 15.6. The summed E-state index contributed by atoms with van der Waals surface area (Å²) in [5, 5.41) is -0.613. The molecule has 2 heteroatoms. The first-order valence-electron chi connectivity index (χ1n) is 7.75. The number of carbonyl (C=O) groups is 1. The predicted octanol–water partition coefficient (Wildman–Crippen LogP) is 4.35. The number of rotatable bonds is 5. The van der Waals surface area contributed by atoms with Crippen molar-refractivity contribution in [1.29, 1.82) is 0 Å². The van der Waals surface area contributed by atoms with Gasteiger partial charge in [0.25, 0.3) is 0 Å². The van der Waals surface area contributed by atoms with Gasteiger partial charge in [-0.3, -0.25) is 4.79 Å². The maximum atomic E-state index is 13.2. The van der Waals surface area contributed by atoms with Crippen molar-refractivity contribution in [3.05, 3.63) is 108 Å². The molecule has 0 heterocycles. The Bertz CT molecular complexity index is 727. The molecule has 3 aromatic carbocycles. The fourth-order valence-electron chi connectivity index (χ4n) is 2.87. The van der Waals surface area contributed by atoms with E-state index in [0.717, 1.165) is 16.7 Å². The van der Waals surface area contributed by atoms with Gasteiger partial charge in [0.2, 0.25) is 0 Å². The van der Waals surface area contributed by atoms with Gasteiger partial charge in [0.1, 0.15) is 0 Å². The van der Waals surface area contributed by atoms with Crippen LogP contribution in [0.1, 0.15) is 16.7 Å². The Morgan fingerprint density at radius 2 is 1.09 bits per heavy atom. The summed E-state index contributed by atoms with van der Waals surface area (Å²) in [5.41, 5.74) is 3.15. The third kappa shape index (κ3) is 3.25. The van der Waals surface area contributed by atoms with Crippen LogP contribution in [0.5, 0.6) is 0 Å². The zero-order chi connectivity index (χ0) is 16.1. The lowest BCUT2D eigenvalue weighted by molar-refractivity contribution is -0.120. The third-order valence-electron chi connectivity index (χ3n) is 4.22. The Balaban J connectivity index is 2.04. The standard InChI is InChI=1S/C21H19OP/c22-20(16-17-10-4-1-5-11-17)21(23,18-12-6-2-7-13-18)19-14-8-3-9-15-19/h1-15H,16,23H2/p+1. The van der Waals surface area contributed by atoms with E-state index in [1.165, 1.54) is 0 Å². The van der Waals surface area contributed by atoms with Crippen molar-refractivity contribution >= 4 is 15.0 Å². The molecular formula is C21H20OP+. The molecule has 0 bridgehead atoms. The van der Waals surface area contributed by atoms with Crippen molar-refractivity contribution in [2.75, 3.05) is 0 Å². The average Bonchev–Trinajstić information content (AvgIpc) is 2.63. The van der Waals surface area contributed by atoms with Crippen molar-refractivity contribution in [3.8, 4) is 0 Å². The minimum atomic E-state index is -0.613. The number of benzene rings is 3. The molecule has 0 aliphatic heterocycles. The van der Waals surface area contributed by atoms with Crippen LogP contribution in [-0.2, 0) is 16.4 Å². The van der Waals surface area contributed by atoms with E-state index < -0.39 is 5.16 Å². The van der Waals surface area contributed by atoms with Crippen LogP contribution in [0.25, 0.3) is 0 Å². The normalized spacial score (nSPS) is 11.3. The van der Waals surface area contributed by atoms with E-state index >= 15 is 0 Å². The van der Waals surface area contributed by atoms with E-state index in [4.69, 9.17) is 0 Å². The lowest BCUT2D eigenvalue weighted by Crippen LogP contribution is -2.32. The first-order valence-corrected chi connectivity index (χ1v) is 8.45. The van der Waals surface area contributed by atoms with Gasteiger partial charge < -0.3 is 0 Å². The summed E-state index contributed by atoms with van der Waals surface area (Å²) in [5.74, 6) is 0.222. The summed E-state index contributed by atoms with van der Waals surface area (Å²) >= 11 is 0. The molecule has 0 radical (unpaired) electrons. The highest BCUT2D eigenvalue weighted by Gasteiger charge is 2.41. The largest absolute Gasteiger partial charge is 0.294 e. The van der Waals surface area contributed by atoms with Gasteiger partial charge in [-0.25, -0.2) is 0 Å². The Morgan fingerprint density at radius 1 is 0.696 bits per heavy atom. The molecule has 0 fully saturated rings. The Kier molecular flexibility index (Phi) is 4.69. The van der Waals surface area contributed by atoms with Crippen LogP contribution >= 0.6 is 9.24 Å². The highest BCUT2D eigenvalue weighted by atomic mass is 31.0. The van der Waals surface area contributed by atoms with Gasteiger partial charge in [-0.15, -0.1) is 0 Å². The van der Waals surface area contributed by atoms with E-state index in [-0.39, 0.29) is 5.78 Å². The van der Waals surface area contributed by atoms with Gasteiger partial charge in [-0.2, -0.15) is 0 Å². The van der Waals surface area contributed by atoms with Crippen LogP contribution in [0, 0.1) is 0 Å². The third-order valence-corrected chi connectivity index (χ3v) is 5.43. The number of ketones is 1. The van der Waals surface area contributed by atoms with E-state index in [0.29, 0.717) is 6.42 Å². The molecule has 0 spiro atoms. The molecule has 0 amide bonds. The summed E-state index contributed by atoms with van der Waals surface area (Å²) in [7, 11) is 1.77. The van der Waals surface area contributed by atoms with Gasteiger partial charge in [0.15, 0.2) is 10.9 Å². The molecule has 0 saturated heterocycles. The van der Waals surface area contributed by atoms with Crippen LogP contribution in [0.4, 0.5) is 0 Å². The molecule has 0 aromatic heterocycles. The van der Waals surface area contributed by atoms with Crippen molar-refractivity contribution in [3.63, 3.8) is 0 Å². The second-order valence-electron chi connectivity index (χ2n) is 5.72. The summed E-state index contributed by atoms with van der Waals surface area (Å²) in [6, 6.07) is 30.1. The smallest absolute Gasteiger partial charge is 0.188 e. The Hall–Kier alpha value is -2.24. The number of carbonyl (C=O) groups excluding carboxylic acids is 1.